The molecule has 16 heavy (non-hydrogen) atoms. The van der Waals surface area contributed by atoms with Crippen LogP contribution in [0.3, 0.4) is 0 Å². The summed E-state index contributed by atoms with van der Waals surface area (Å²) in [5.74, 6) is 5.03. The summed E-state index contributed by atoms with van der Waals surface area (Å²) < 4.78 is 5.82. The van der Waals surface area contributed by atoms with E-state index in [0.29, 0.717) is 5.92 Å². The van der Waals surface area contributed by atoms with E-state index in [1.165, 1.54) is 24.4 Å². The van der Waals surface area contributed by atoms with E-state index in [1.807, 2.05) is 11.8 Å². The molecule has 0 bridgehead atoms. The molecule has 3 heteroatoms. The highest BCUT2D eigenvalue weighted by molar-refractivity contribution is 7.98. The third kappa shape index (κ3) is 3.29. The van der Waals surface area contributed by atoms with Crippen molar-refractivity contribution in [3.63, 3.8) is 0 Å². The van der Waals surface area contributed by atoms with Crippen molar-refractivity contribution in [2.45, 2.75) is 32.2 Å². The normalized spacial score (nSPS) is 23.6. The summed E-state index contributed by atoms with van der Waals surface area (Å²) in [4.78, 5) is 0. The van der Waals surface area contributed by atoms with Gasteiger partial charge < -0.3 is 9.73 Å². The van der Waals surface area contributed by atoms with E-state index in [1.54, 1.807) is 0 Å². The predicted molar refractivity (Wildman–Crippen MR) is 69.9 cm³/mol. The zero-order valence-electron chi connectivity index (χ0n) is 10.2. The second-order valence-electron chi connectivity index (χ2n) is 4.65. The Balaban J connectivity index is 1.67. The number of rotatable bonds is 7. The molecule has 2 unspecified atom stereocenters. The molecule has 0 spiro atoms. The Bertz CT molecular complexity index is 323. The second kappa shape index (κ2) is 5.78. The largest absolute Gasteiger partial charge is 0.464 e. The number of furan rings is 1. The molecular weight excluding hydrogens is 218 g/mol. The Morgan fingerprint density at radius 2 is 2.31 bits per heavy atom. The maximum atomic E-state index is 5.82. The van der Waals surface area contributed by atoms with Crippen LogP contribution in [-0.4, -0.2) is 18.6 Å². The fraction of sp³-hybridized carbons (Fsp3) is 0.692. The molecule has 1 aliphatic rings. The third-order valence-electron chi connectivity index (χ3n) is 3.16. The smallest absolute Gasteiger partial charge is 0.117 e. The first-order valence-corrected chi connectivity index (χ1v) is 7.49. The monoisotopic (exact) mass is 239 g/mol. The van der Waals surface area contributed by atoms with Crippen LogP contribution in [-0.2, 0) is 6.54 Å². The molecule has 1 aromatic rings. The Morgan fingerprint density at radius 1 is 1.50 bits per heavy atom. The minimum Gasteiger partial charge on any atom is -0.464 e. The van der Waals surface area contributed by atoms with Gasteiger partial charge in [0, 0.05) is 5.92 Å². The van der Waals surface area contributed by atoms with Crippen LogP contribution in [0.25, 0.3) is 0 Å². The minimum absolute atomic E-state index is 0.699. The lowest BCUT2D eigenvalue weighted by molar-refractivity contribution is 0.444. The van der Waals surface area contributed by atoms with E-state index in [0.717, 1.165) is 24.8 Å². The van der Waals surface area contributed by atoms with Gasteiger partial charge in [0.1, 0.15) is 11.5 Å². The molecule has 0 radical (unpaired) electrons. The Morgan fingerprint density at radius 3 is 3.00 bits per heavy atom. The van der Waals surface area contributed by atoms with Crippen LogP contribution in [0, 0.1) is 5.92 Å². The lowest BCUT2D eigenvalue weighted by Crippen LogP contribution is -2.14. The van der Waals surface area contributed by atoms with Gasteiger partial charge in [-0.25, -0.2) is 0 Å². The summed E-state index contributed by atoms with van der Waals surface area (Å²) in [5, 5.41) is 3.41. The molecule has 2 rings (SSSR count). The van der Waals surface area contributed by atoms with E-state index in [2.05, 4.69) is 30.6 Å². The molecule has 2 atom stereocenters. The SMILES string of the molecule is CSCCCNCc1ccc(C2CC2C)o1. The minimum atomic E-state index is 0.699. The molecular formula is C13H21NOS. The number of nitrogens with one attached hydrogen (secondary N) is 1. The zero-order chi connectivity index (χ0) is 11.4. The molecule has 0 aromatic carbocycles. The number of hydrogen-bond donors (Lipinski definition) is 1. The van der Waals surface area contributed by atoms with Crippen molar-refractivity contribution < 1.29 is 4.42 Å². The highest BCUT2D eigenvalue weighted by Crippen LogP contribution is 2.47. The average Bonchev–Trinajstić information content (AvgIpc) is 2.83. The first-order chi connectivity index (χ1) is 7.81. The van der Waals surface area contributed by atoms with Crippen LogP contribution in [0.2, 0.25) is 0 Å². The fourth-order valence-electron chi connectivity index (χ4n) is 1.96. The molecule has 1 fully saturated rings. The first kappa shape index (κ1) is 12.1. The average molecular weight is 239 g/mol. The first-order valence-electron chi connectivity index (χ1n) is 6.09. The molecule has 0 amide bonds. The van der Waals surface area contributed by atoms with E-state index in [-0.39, 0.29) is 0 Å². The van der Waals surface area contributed by atoms with E-state index < -0.39 is 0 Å². The lowest BCUT2D eigenvalue weighted by Gasteiger charge is -2.01. The molecule has 0 aliphatic heterocycles. The van der Waals surface area contributed by atoms with Crippen LogP contribution in [0.1, 0.15) is 37.2 Å². The molecule has 1 N–H and O–H groups in total. The Kier molecular flexibility index (Phi) is 4.36. The summed E-state index contributed by atoms with van der Waals surface area (Å²) in [6.45, 7) is 4.24. The summed E-state index contributed by atoms with van der Waals surface area (Å²) in [7, 11) is 0. The summed E-state index contributed by atoms with van der Waals surface area (Å²) in [5.41, 5.74) is 0. The van der Waals surface area contributed by atoms with Crippen molar-refractivity contribution in [1.29, 1.82) is 0 Å². The third-order valence-corrected chi connectivity index (χ3v) is 3.86. The van der Waals surface area contributed by atoms with Gasteiger partial charge in [-0.1, -0.05) is 6.92 Å². The Hall–Kier alpha value is -0.410. The summed E-state index contributed by atoms with van der Waals surface area (Å²) in [6, 6.07) is 4.26. The lowest BCUT2D eigenvalue weighted by atomic mass is 10.3. The van der Waals surface area contributed by atoms with Gasteiger partial charge in [0.2, 0.25) is 0 Å². The van der Waals surface area contributed by atoms with Gasteiger partial charge in [-0.15, -0.1) is 0 Å². The molecule has 1 aromatic heterocycles. The van der Waals surface area contributed by atoms with Gasteiger partial charge in [0.15, 0.2) is 0 Å². The number of hydrogen-bond acceptors (Lipinski definition) is 3. The molecule has 0 saturated heterocycles. The highest BCUT2D eigenvalue weighted by Gasteiger charge is 2.36. The van der Waals surface area contributed by atoms with Crippen molar-refractivity contribution in [2.24, 2.45) is 5.92 Å². The quantitative estimate of drug-likeness (QED) is 0.739. The Labute approximate surface area is 102 Å². The van der Waals surface area contributed by atoms with Gasteiger partial charge >= 0.3 is 0 Å². The number of thioether (sulfide) groups is 1. The highest BCUT2D eigenvalue weighted by atomic mass is 32.2. The van der Waals surface area contributed by atoms with Gasteiger partial charge in [-0.05, 0) is 49.4 Å². The van der Waals surface area contributed by atoms with Gasteiger partial charge in [0.05, 0.1) is 6.54 Å². The summed E-state index contributed by atoms with van der Waals surface area (Å²) >= 11 is 1.90. The molecule has 1 saturated carbocycles. The van der Waals surface area contributed by atoms with Gasteiger partial charge in [-0.3, -0.25) is 0 Å². The van der Waals surface area contributed by atoms with E-state index in [4.69, 9.17) is 4.42 Å². The molecule has 90 valence electrons. The van der Waals surface area contributed by atoms with E-state index in [9.17, 15) is 0 Å². The topological polar surface area (TPSA) is 25.2 Å². The van der Waals surface area contributed by atoms with Crippen LogP contribution in [0.4, 0.5) is 0 Å². The standard InChI is InChI=1S/C13H21NOS/c1-10-8-12(10)13-5-4-11(15-13)9-14-6-3-7-16-2/h4-5,10,12,14H,3,6-9H2,1-2H3. The van der Waals surface area contributed by atoms with Gasteiger partial charge in [0.25, 0.3) is 0 Å². The molecule has 2 nitrogen and oxygen atoms in total. The molecule has 1 aliphatic carbocycles. The fourth-order valence-corrected chi connectivity index (χ4v) is 2.39. The van der Waals surface area contributed by atoms with Crippen molar-refractivity contribution >= 4 is 11.8 Å². The van der Waals surface area contributed by atoms with Crippen LogP contribution in [0.15, 0.2) is 16.5 Å². The zero-order valence-corrected chi connectivity index (χ0v) is 11.0. The van der Waals surface area contributed by atoms with Crippen molar-refractivity contribution in [3.8, 4) is 0 Å². The van der Waals surface area contributed by atoms with Crippen LogP contribution in [0.5, 0.6) is 0 Å². The summed E-state index contributed by atoms with van der Waals surface area (Å²) in [6.07, 6.45) is 4.68. The van der Waals surface area contributed by atoms with E-state index >= 15 is 0 Å². The van der Waals surface area contributed by atoms with Crippen molar-refractivity contribution in [2.75, 3.05) is 18.6 Å². The second-order valence-corrected chi connectivity index (χ2v) is 5.63. The van der Waals surface area contributed by atoms with Crippen LogP contribution >= 0.6 is 11.8 Å². The van der Waals surface area contributed by atoms with Crippen molar-refractivity contribution in [3.05, 3.63) is 23.7 Å². The predicted octanol–water partition coefficient (Wildman–Crippen LogP) is 3.25. The van der Waals surface area contributed by atoms with Gasteiger partial charge in [-0.2, -0.15) is 11.8 Å². The maximum absolute atomic E-state index is 5.82. The van der Waals surface area contributed by atoms with Crippen LogP contribution < -0.4 is 5.32 Å². The maximum Gasteiger partial charge on any atom is 0.117 e. The van der Waals surface area contributed by atoms with Crippen molar-refractivity contribution in [1.82, 2.24) is 5.32 Å². The molecule has 1 heterocycles.